The summed E-state index contributed by atoms with van der Waals surface area (Å²) >= 11 is 0. The molecular formula is C27H39N3O5S. The molecule has 0 radical (unpaired) electrons. The Balaban J connectivity index is 2.50. The van der Waals surface area contributed by atoms with Crippen molar-refractivity contribution in [1.29, 1.82) is 0 Å². The number of hydrogen-bond donors (Lipinski definition) is 1. The quantitative estimate of drug-likeness (QED) is 0.435. The summed E-state index contributed by atoms with van der Waals surface area (Å²) in [6.45, 7) is 9.55. The molecular weight excluding hydrogens is 478 g/mol. The molecule has 9 heteroatoms. The van der Waals surface area contributed by atoms with Gasteiger partial charge in [0, 0.05) is 12.6 Å². The van der Waals surface area contributed by atoms with E-state index in [1.165, 1.54) is 4.90 Å². The van der Waals surface area contributed by atoms with Crippen LogP contribution in [0.15, 0.2) is 48.5 Å². The maximum Gasteiger partial charge on any atom is 0.244 e. The first-order chi connectivity index (χ1) is 17.0. The number of carbonyl (C=O) groups excluding carboxylic acids is 2. The molecule has 0 aromatic heterocycles. The van der Waals surface area contributed by atoms with Crippen LogP contribution >= 0.6 is 0 Å². The fourth-order valence-corrected chi connectivity index (χ4v) is 4.72. The van der Waals surface area contributed by atoms with E-state index < -0.39 is 28.5 Å². The van der Waals surface area contributed by atoms with Crippen molar-refractivity contribution in [2.45, 2.75) is 66.1 Å². The van der Waals surface area contributed by atoms with Crippen LogP contribution < -0.4 is 14.4 Å². The summed E-state index contributed by atoms with van der Waals surface area (Å²) in [6.07, 6.45) is 2.19. The SMILES string of the molecule is CCOc1ccccc1N(CC(=O)N(Cc1ccccc1C)[C@@H](CC)C(=O)N[C@@H](C)CC)S(C)(=O)=O. The Kier molecular flexibility index (Phi) is 10.8. The summed E-state index contributed by atoms with van der Waals surface area (Å²) in [5, 5.41) is 2.97. The van der Waals surface area contributed by atoms with E-state index >= 15 is 0 Å². The van der Waals surface area contributed by atoms with Crippen molar-refractivity contribution in [1.82, 2.24) is 10.2 Å². The van der Waals surface area contributed by atoms with Gasteiger partial charge in [0.2, 0.25) is 21.8 Å². The number of anilines is 1. The van der Waals surface area contributed by atoms with Gasteiger partial charge < -0.3 is 15.0 Å². The lowest BCUT2D eigenvalue weighted by Gasteiger charge is -2.34. The van der Waals surface area contributed by atoms with Gasteiger partial charge in [-0.3, -0.25) is 13.9 Å². The van der Waals surface area contributed by atoms with Crippen molar-refractivity contribution in [2.24, 2.45) is 0 Å². The highest BCUT2D eigenvalue weighted by Crippen LogP contribution is 2.30. The van der Waals surface area contributed by atoms with Gasteiger partial charge in [-0.2, -0.15) is 0 Å². The number of sulfonamides is 1. The lowest BCUT2D eigenvalue weighted by molar-refractivity contribution is -0.140. The predicted octanol–water partition coefficient (Wildman–Crippen LogP) is 3.88. The molecule has 0 aliphatic carbocycles. The van der Waals surface area contributed by atoms with Gasteiger partial charge in [-0.25, -0.2) is 8.42 Å². The second kappa shape index (κ2) is 13.3. The third kappa shape index (κ3) is 7.71. The second-order valence-corrected chi connectivity index (χ2v) is 10.8. The average Bonchev–Trinajstić information content (AvgIpc) is 2.83. The van der Waals surface area contributed by atoms with Crippen LogP contribution in [0.1, 0.15) is 51.7 Å². The first kappa shape index (κ1) is 29.2. The van der Waals surface area contributed by atoms with Gasteiger partial charge in [-0.05, 0) is 56.9 Å². The smallest absolute Gasteiger partial charge is 0.244 e. The highest BCUT2D eigenvalue weighted by atomic mass is 32.2. The van der Waals surface area contributed by atoms with Crippen molar-refractivity contribution < 1.29 is 22.7 Å². The van der Waals surface area contributed by atoms with E-state index in [1.54, 1.807) is 31.2 Å². The van der Waals surface area contributed by atoms with Crippen LogP contribution in [-0.2, 0) is 26.2 Å². The minimum absolute atomic E-state index is 0.0486. The van der Waals surface area contributed by atoms with Crippen molar-refractivity contribution in [2.75, 3.05) is 23.7 Å². The molecule has 36 heavy (non-hydrogen) atoms. The van der Waals surface area contributed by atoms with Crippen molar-refractivity contribution >= 4 is 27.5 Å². The monoisotopic (exact) mass is 517 g/mol. The van der Waals surface area contributed by atoms with Gasteiger partial charge in [0.15, 0.2) is 0 Å². The molecule has 0 fully saturated rings. The molecule has 198 valence electrons. The van der Waals surface area contributed by atoms with Gasteiger partial charge >= 0.3 is 0 Å². The van der Waals surface area contributed by atoms with Crippen LogP contribution in [0.3, 0.4) is 0 Å². The molecule has 0 spiro atoms. The Labute approximate surface area is 215 Å². The van der Waals surface area contributed by atoms with Gasteiger partial charge in [0.1, 0.15) is 18.3 Å². The van der Waals surface area contributed by atoms with Gasteiger partial charge in [-0.1, -0.05) is 50.2 Å². The number of amides is 2. The largest absolute Gasteiger partial charge is 0.492 e. The molecule has 0 aliphatic heterocycles. The Morgan fingerprint density at radius 1 is 1.00 bits per heavy atom. The molecule has 2 aromatic carbocycles. The predicted molar refractivity (Wildman–Crippen MR) is 144 cm³/mol. The van der Waals surface area contributed by atoms with E-state index in [1.807, 2.05) is 52.0 Å². The Hall–Kier alpha value is -3.07. The molecule has 0 saturated heterocycles. The number of nitrogens with zero attached hydrogens (tertiary/aromatic N) is 2. The molecule has 0 unspecified atom stereocenters. The van der Waals surface area contributed by atoms with Gasteiger partial charge in [0.05, 0.1) is 18.6 Å². The summed E-state index contributed by atoms with van der Waals surface area (Å²) in [7, 11) is -3.84. The molecule has 2 amide bonds. The zero-order chi connectivity index (χ0) is 26.9. The number of aryl methyl sites for hydroxylation is 1. The van der Waals surface area contributed by atoms with Crippen molar-refractivity contribution in [3.63, 3.8) is 0 Å². The molecule has 0 heterocycles. The Morgan fingerprint density at radius 2 is 1.64 bits per heavy atom. The number of hydrogen-bond acceptors (Lipinski definition) is 5. The number of ether oxygens (including phenoxy) is 1. The van der Waals surface area contributed by atoms with E-state index in [0.717, 1.165) is 28.1 Å². The summed E-state index contributed by atoms with van der Waals surface area (Å²) < 4.78 is 32.4. The molecule has 8 nitrogen and oxygen atoms in total. The van der Waals surface area contributed by atoms with E-state index in [9.17, 15) is 18.0 Å². The van der Waals surface area contributed by atoms with Crippen molar-refractivity contribution in [3.05, 3.63) is 59.7 Å². The average molecular weight is 518 g/mol. The maximum absolute atomic E-state index is 13.8. The lowest BCUT2D eigenvalue weighted by Crippen LogP contribution is -2.53. The van der Waals surface area contributed by atoms with Crippen LogP contribution in [0, 0.1) is 6.92 Å². The number of nitrogens with one attached hydrogen (secondary N) is 1. The number of benzene rings is 2. The van der Waals surface area contributed by atoms with Crippen LogP contribution in [-0.4, -0.2) is 56.6 Å². The summed E-state index contributed by atoms with van der Waals surface area (Å²) in [5.74, 6) is -0.360. The maximum atomic E-state index is 13.8. The van der Waals surface area contributed by atoms with Gasteiger partial charge in [-0.15, -0.1) is 0 Å². The highest BCUT2D eigenvalue weighted by Gasteiger charge is 2.33. The summed E-state index contributed by atoms with van der Waals surface area (Å²) in [4.78, 5) is 28.5. The van der Waals surface area contributed by atoms with E-state index in [-0.39, 0.29) is 24.2 Å². The normalized spacial score (nSPS) is 12.9. The minimum atomic E-state index is -3.84. The van der Waals surface area contributed by atoms with Crippen molar-refractivity contribution in [3.8, 4) is 5.75 Å². The van der Waals surface area contributed by atoms with E-state index in [2.05, 4.69) is 5.32 Å². The van der Waals surface area contributed by atoms with Gasteiger partial charge in [0.25, 0.3) is 0 Å². The molecule has 0 saturated carbocycles. The molecule has 1 N–H and O–H groups in total. The summed E-state index contributed by atoms with van der Waals surface area (Å²) in [5.41, 5.74) is 2.15. The number of carbonyl (C=O) groups is 2. The first-order valence-electron chi connectivity index (χ1n) is 12.4. The van der Waals surface area contributed by atoms with Crippen LogP contribution in [0.5, 0.6) is 5.75 Å². The third-order valence-corrected chi connectivity index (χ3v) is 7.23. The molecule has 2 aromatic rings. The lowest BCUT2D eigenvalue weighted by atomic mass is 10.1. The molecule has 2 rings (SSSR count). The number of para-hydroxylation sites is 2. The van der Waals surface area contributed by atoms with E-state index in [0.29, 0.717) is 18.8 Å². The number of rotatable bonds is 13. The highest BCUT2D eigenvalue weighted by molar-refractivity contribution is 7.92. The summed E-state index contributed by atoms with van der Waals surface area (Å²) in [6, 6.07) is 13.6. The zero-order valence-corrected chi connectivity index (χ0v) is 23.0. The fourth-order valence-electron chi connectivity index (χ4n) is 3.87. The van der Waals surface area contributed by atoms with Crippen LogP contribution in [0.25, 0.3) is 0 Å². The van der Waals surface area contributed by atoms with E-state index in [4.69, 9.17) is 4.74 Å². The topological polar surface area (TPSA) is 96.0 Å². The molecule has 2 atom stereocenters. The standard InChI is InChI=1S/C27H39N3O5S/c1-7-21(5)28-27(32)23(8-2)29(18-22-15-11-10-14-20(22)4)26(31)19-30(36(6,33)34)24-16-12-13-17-25(24)35-9-3/h10-17,21,23H,7-9,18-19H2,1-6H3,(H,28,32)/t21-,23-/m0/s1. The first-order valence-corrected chi connectivity index (χ1v) is 14.2. The fraction of sp³-hybridized carbons (Fsp3) is 0.481. The minimum Gasteiger partial charge on any atom is -0.492 e. The molecule has 0 aliphatic rings. The zero-order valence-electron chi connectivity index (χ0n) is 22.2. The Morgan fingerprint density at radius 3 is 2.22 bits per heavy atom. The van der Waals surface area contributed by atoms with Crippen LogP contribution in [0.2, 0.25) is 0 Å². The molecule has 0 bridgehead atoms. The second-order valence-electron chi connectivity index (χ2n) is 8.86. The Bertz CT molecular complexity index is 1140. The third-order valence-electron chi connectivity index (χ3n) is 6.10. The van der Waals surface area contributed by atoms with Crippen LogP contribution in [0.4, 0.5) is 5.69 Å².